The third-order valence-electron chi connectivity index (χ3n) is 2.81. The molecule has 0 spiro atoms. The van der Waals surface area contributed by atoms with Crippen molar-refractivity contribution >= 4 is 11.8 Å². The van der Waals surface area contributed by atoms with Gasteiger partial charge in [-0.1, -0.05) is 6.07 Å². The number of methoxy groups -OCH3 is 1. The number of nitriles is 1. The van der Waals surface area contributed by atoms with E-state index in [1.165, 1.54) is 31.0 Å². The van der Waals surface area contributed by atoms with E-state index in [9.17, 15) is 9.50 Å². The maximum atomic E-state index is 13.6. The minimum absolute atomic E-state index is 0.141. The lowest BCUT2D eigenvalue weighted by Gasteiger charge is -2.11. The normalized spacial score (nSPS) is 11.7. The van der Waals surface area contributed by atoms with Gasteiger partial charge in [-0.2, -0.15) is 5.26 Å². The zero-order valence-electron chi connectivity index (χ0n) is 11.3. The largest absolute Gasteiger partial charge is 0.494 e. The summed E-state index contributed by atoms with van der Waals surface area (Å²) in [5.74, 6) is -0.0566. The van der Waals surface area contributed by atoms with Crippen molar-refractivity contribution in [1.82, 2.24) is 4.98 Å². The Morgan fingerprint density at radius 2 is 2.24 bits per heavy atom. The van der Waals surface area contributed by atoms with Crippen LogP contribution < -0.4 is 4.74 Å². The molecule has 2 rings (SSSR count). The number of pyridine rings is 1. The molecule has 0 saturated heterocycles. The summed E-state index contributed by atoms with van der Waals surface area (Å²) in [5.41, 5.74) is 0.981. The van der Waals surface area contributed by atoms with Crippen LogP contribution in [0.2, 0.25) is 0 Å². The SMILES string of the molecule is COc1ccc(C(O)CSc2cc(C#N)ccn2)cc1F. The van der Waals surface area contributed by atoms with Crippen molar-refractivity contribution in [3.8, 4) is 11.8 Å². The van der Waals surface area contributed by atoms with E-state index in [2.05, 4.69) is 4.98 Å². The van der Waals surface area contributed by atoms with Crippen molar-refractivity contribution in [2.45, 2.75) is 11.1 Å². The van der Waals surface area contributed by atoms with E-state index in [0.29, 0.717) is 21.9 Å². The highest BCUT2D eigenvalue weighted by molar-refractivity contribution is 7.99. The Morgan fingerprint density at radius 3 is 2.90 bits per heavy atom. The molecule has 1 N–H and O–H groups in total. The first-order chi connectivity index (χ1) is 10.1. The van der Waals surface area contributed by atoms with E-state index in [1.807, 2.05) is 6.07 Å². The number of halogens is 1. The molecule has 1 aromatic heterocycles. The molecule has 6 heteroatoms. The summed E-state index contributed by atoms with van der Waals surface area (Å²) in [5, 5.41) is 19.5. The molecule has 0 radical (unpaired) electrons. The van der Waals surface area contributed by atoms with Gasteiger partial charge < -0.3 is 9.84 Å². The standard InChI is InChI=1S/C15H13FN2O2S/c1-20-14-3-2-11(7-12(14)16)13(19)9-21-15-6-10(8-17)4-5-18-15/h2-7,13,19H,9H2,1H3. The van der Waals surface area contributed by atoms with E-state index in [0.717, 1.165) is 0 Å². The molecule has 21 heavy (non-hydrogen) atoms. The first kappa shape index (κ1) is 15.3. The van der Waals surface area contributed by atoms with Crippen molar-refractivity contribution in [3.05, 3.63) is 53.5 Å². The molecule has 0 aliphatic heterocycles. The molecule has 1 heterocycles. The van der Waals surface area contributed by atoms with Crippen molar-refractivity contribution in [1.29, 1.82) is 5.26 Å². The Hall–Kier alpha value is -2.10. The van der Waals surface area contributed by atoms with Crippen LogP contribution in [0.25, 0.3) is 0 Å². The molecule has 0 aliphatic rings. The summed E-state index contributed by atoms with van der Waals surface area (Å²) >= 11 is 1.30. The van der Waals surface area contributed by atoms with E-state index >= 15 is 0 Å². The summed E-state index contributed by atoms with van der Waals surface area (Å²) in [7, 11) is 1.39. The van der Waals surface area contributed by atoms with Gasteiger partial charge in [-0.05, 0) is 29.8 Å². The van der Waals surface area contributed by atoms with Gasteiger partial charge in [0.05, 0.1) is 29.9 Å². The molecule has 1 unspecified atom stereocenters. The molecule has 0 amide bonds. The average molecular weight is 304 g/mol. The molecule has 1 aromatic carbocycles. The summed E-state index contributed by atoms with van der Waals surface area (Å²) in [4.78, 5) is 4.10. The second-order valence-electron chi connectivity index (χ2n) is 4.22. The molecule has 0 saturated carbocycles. The number of nitrogens with zero attached hydrogens (tertiary/aromatic N) is 2. The summed E-state index contributed by atoms with van der Waals surface area (Å²) in [6.45, 7) is 0. The second kappa shape index (κ2) is 7.07. The lowest BCUT2D eigenvalue weighted by Crippen LogP contribution is -2.02. The van der Waals surface area contributed by atoms with Gasteiger partial charge in [0, 0.05) is 11.9 Å². The van der Waals surface area contributed by atoms with E-state index < -0.39 is 11.9 Å². The summed E-state index contributed by atoms with van der Waals surface area (Å²) in [6.07, 6.45) is 0.711. The number of hydrogen-bond donors (Lipinski definition) is 1. The van der Waals surface area contributed by atoms with Crippen LogP contribution in [-0.4, -0.2) is 23.0 Å². The monoisotopic (exact) mass is 304 g/mol. The van der Waals surface area contributed by atoms with E-state index in [1.54, 1.807) is 24.4 Å². The fraction of sp³-hybridized carbons (Fsp3) is 0.200. The minimum atomic E-state index is -0.831. The molecule has 0 fully saturated rings. The number of benzene rings is 1. The highest BCUT2D eigenvalue weighted by atomic mass is 32.2. The van der Waals surface area contributed by atoms with Crippen molar-refractivity contribution in [2.24, 2.45) is 0 Å². The molecule has 4 nitrogen and oxygen atoms in total. The lowest BCUT2D eigenvalue weighted by molar-refractivity contribution is 0.203. The molecule has 108 valence electrons. The smallest absolute Gasteiger partial charge is 0.165 e. The molecular weight excluding hydrogens is 291 g/mol. The van der Waals surface area contributed by atoms with Crippen LogP contribution in [0.3, 0.4) is 0 Å². The van der Waals surface area contributed by atoms with Gasteiger partial charge in [-0.3, -0.25) is 0 Å². The highest BCUT2D eigenvalue weighted by Gasteiger charge is 2.12. The minimum Gasteiger partial charge on any atom is -0.494 e. The summed E-state index contributed by atoms with van der Waals surface area (Å²) < 4.78 is 18.4. The average Bonchev–Trinajstić information content (AvgIpc) is 2.52. The highest BCUT2D eigenvalue weighted by Crippen LogP contribution is 2.26. The van der Waals surface area contributed by atoms with Gasteiger partial charge in [0.25, 0.3) is 0 Å². The van der Waals surface area contributed by atoms with Gasteiger partial charge in [-0.15, -0.1) is 11.8 Å². The summed E-state index contributed by atoms with van der Waals surface area (Å²) in [6, 6.07) is 9.63. The Balaban J connectivity index is 2.03. The van der Waals surface area contributed by atoms with Crippen LogP contribution in [0, 0.1) is 17.1 Å². The molecular formula is C15H13FN2O2S. The second-order valence-corrected chi connectivity index (χ2v) is 5.26. The number of thioether (sulfide) groups is 1. The Labute approximate surface area is 126 Å². The van der Waals surface area contributed by atoms with Crippen LogP contribution >= 0.6 is 11.8 Å². The van der Waals surface area contributed by atoms with Crippen LogP contribution in [0.5, 0.6) is 5.75 Å². The Bertz CT molecular complexity index is 673. The number of ether oxygens (including phenoxy) is 1. The van der Waals surface area contributed by atoms with Crippen molar-refractivity contribution in [3.63, 3.8) is 0 Å². The fourth-order valence-electron chi connectivity index (χ4n) is 1.71. The van der Waals surface area contributed by atoms with Gasteiger partial charge in [0.15, 0.2) is 11.6 Å². The van der Waals surface area contributed by atoms with Crippen LogP contribution in [-0.2, 0) is 0 Å². The number of aromatic nitrogens is 1. The van der Waals surface area contributed by atoms with Crippen molar-refractivity contribution in [2.75, 3.05) is 12.9 Å². The predicted octanol–water partition coefficient (Wildman–Crippen LogP) is 2.93. The van der Waals surface area contributed by atoms with Gasteiger partial charge in [0.1, 0.15) is 0 Å². The van der Waals surface area contributed by atoms with Crippen molar-refractivity contribution < 1.29 is 14.2 Å². The first-order valence-corrected chi connectivity index (χ1v) is 7.13. The zero-order chi connectivity index (χ0) is 15.2. The van der Waals surface area contributed by atoms with Gasteiger partial charge in [-0.25, -0.2) is 9.37 Å². The third-order valence-corrected chi connectivity index (χ3v) is 3.82. The zero-order valence-corrected chi connectivity index (χ0v) is 12.1. The van der Waals surface area contributed by atoms with Gasteiger partial charge >= 0.3 is 0 Å². The number of aliphatic hydroxyl groups excluding tert-OH is 1. The maximum absolute atomic E-state index is 13.6. The van der Waals surface area contributed by atoms with Crippen LogP contribution in [0.4, 0.5) is 4.39 Å². The third kappa shape index (κ3) is 3.94. The quantitative estimate of drug-likeness (QED) is 0.860. The number of aliphatic hydroxyl groups is 1. The molecule has 0 bridgehead atoms. The molecule has 0 aliphatic carbocycles. The van der Waals surface area contributed by atoms with E-state index in [4.69, 9.17) is 10.00 Å². The fourth-order valence-corrected chi connectivity index (χ4v) is 2.58. The molecule has 2 aromatic rings. The first-order valence-electron chi connectivity index (χ1n) is 6.14. The number of rotatable bonds is 5. The maximum Gasteiger partial charge on any atom is 0.165 e. The topological polar surface area (TPSA) is 66.1 Å². The van der Waals surface area contributed by atoms with Crippen LogP contribution in [0.1, 0.15) is 17.2 Å². The predicted molar refractivity (Wildman–Crippen MR) is 77.6 cm³/mol. The Morgan fingerprint density at radius 1 is 1.43 bits per heavy atom. The van der Waals surface area contributed by atoms with Gasteiger partial charge in [0.2, 0.25) is 0 Å². The number of hydrogen-bond acceptors (Lipinski definition) is 5. The Kier molecular flexibility index (Phi) is 5.14. The van der Waals surface area contributed by atoms with E-state index in [-0.39, 0.29) is 5.75 Å². The lowest BCUT2D eigenvalue weighted by atomic mass is 10.1. The molecule has 1 atom stereocenters. The van der Waals surface area contributed by atoms with Crippen LogP contribution in [0.15, 0.2) is 41.6 Å².